The molecule has 2 rings (SSSR count). The third kappa shape index (κ3) is 2.40. The van der Waals surface area contributed by atoms with Crippen molar-refractivity contribution in [1.82, 2.24) is 4.98 Å². The van der Waals surface area contributed by atoms with E-state index in [4.69, 9.17) is 5.73 Å². The Morgan fingerprint density at radius 2 is 1.79 bits per heavy atom. The highest BCUT2D eigenvalue weighted by Crippen LogP contribution is 2.25. The summed E-state index contributed by atoms with van der Waals surface area (Å²) in [6.45, 7) is 7.71. The van der Waals surface area contributed by atoms with Gasteiger partial charge >= 0.3 is 0 Å². The van der Waals surface area contributed by atoms with E-state index in [2.05, 4.69) is 11.6 Å². The topological polar surface area (TPSA) is 56.0 Å². The second-order valence-corrected chi connectivity index (χ2v) is 4.51. The number of allylic oxidation sites excluding steroid dienone is 1. The molecule has 2 aromatic rings. The fourth-order valence-electron chi connectivity index (χ4n) is 2.12. The number of nitrogen functional groups attached to an aromatic ring is 1. The zero-order valence-electron chi connectivity index (χ0n) is 11.1. The van der Waals surface area contributed by atoms with Crippen LogP contribution in [0.2, 0.25) is 0 Å². The molecule has 3 heteroatoms. The minimum atomic E-state index is -0.102. The van der Waals surface area contributed by atoms with Gasteiger partial charge in [-0.25, -0.2) is 4.98 Å². The van der Waals surface area contributed by atoms with E-state index in [9.17, 15) is 4.79 Å². The van der Waals surface area contributed by atoms with Gasteiger partial charge in [0.1, 0.15) is 5.82 Å². The van der Waals surface area contributed by atoms with Crippen LogP contribution in [-0.2, 0) is 0 Å². The average Bonchev–Trinajstić information content (AvgIpc) is 2.38. The summed E-state index contributed by atoms with van der Waals surface area (Å²) in [5.41, 5.74) is 9.33. The van der Waals surface area contributed by atoms with Crippen molar-refractivity contribution in [3.63, 3.8) is 0 Å². The van der Waals surface area contributed by atoms with Crippen molar-refractivity contribution in [1.29, 1.82) is 0 Å². The zero-order valence-corrected chi connectivity index (χ0v) is 11.1. The molecule has 0 aliphatic heterocycles. The number of nitrogens with two attached hydrogens (primary N) is 1. The van der Waals surface area contributed by atoms with Crippen LogP contribution in [0, 0.1) is 13.8 Å². The molecule has 0 saturated carbocycles. The molecule has 0 aliphatic rings. The lowest BCUT2D eigenvalue weighted by Crippen LogP contribution is -2.08. The number of carbonyl (C=O) groups is 1. The molecule has 1 heterocycles. The summed E-state index contributed by atoms with van der Waals surface area (Å²) in [5, 5.41) is 0. The molecule has 2 N–H and O–H groups in total. The number of benzene rings is 1. The molecule has 0 unspecified atom stereocenters. The van der Waals surface area contributed by atoms with Crippen molar-refractivity contribution in [2.24, 2.45) is 0 Å². The Kier molecular flexibility index (Phi) is 3.47. The van der Waals surface area contributed by atoms with Gasteiger partial charge in [-0.3, -0.25) is 4.79 Å². The highest BCUT2D eigenvalue weighted by atomic mass is 16.1. The SMILES string of the molecule is C=C(C(=O)c1c(C)cccc1C)c1cccnc1N. The first kappa shape index (κ1) is 13.0. The Hall–Kier alpha value is -2.42. The maximum Gasteiger partial charge on any atom is 0.193 e. The summed E-state index contributed by atoms with van der Waals surface area (Å²) in [4.78, 5) is 16.5. The molecule has 1 aromatic heterocycles. The van der Waals surface area contributed by atoms with Crippen LogP contribution in [0.4, 0.5) is 5.82 Å². The summed E-state index contributed by atoms with van der Waals surface area (Å²) in [6.07, 6.45) is 1.59. The Bertz CT molecular complexity index is 639. The van der Waals surface area contributed by atoms with Crippen LogP contribution < -0.4 is 5.73 Å². The lowest BCUT2D eigenvalue weighted by atomic mass is 9.92. The molecule has 3 nitrogen and oxygen atoms in total. The van der Waals surface area contributed by atoms with E-state index < -0.39 is 0 Å². The van der Waals surface area contributed by atoms with Gasteiger partial charge in [-0.15, -0.1) is 0 Å². The molecule has 0 fully saturated rings. The number of nitrogens with zero attached hydrogens (tertiary/aromatic N) is 1. The van der Waals surface area contributed by atoms with E-state index >= 15 is 0 Å². The van der Waals surface area contributed by atoms with Crippen LogP contribution >= 0.6 is 0 Å². The maximum absolute atomic E-state index is 12.6. The highest BCUT2D eigenvalue weighted by molar-refractivity contribution is 6.30. The second-order valence-electron chi connectivity index (χ2n) is 4.51. The van der Waals surface area contributed by atoms with E-state index in [1.165, 1.54) is 0 Å². The Morgan fingerprint density at radius 1 is 1.16 bits per heavy atom. The molecule has 0 aliphatic carbocycles. The van der Waals surface area contributed by atoms with E-state index in [1.54, 1.807) is 18.3 Å². The fraction of sp³-hybridized carbons (Fsp3) is 0.125. The van der Waals surface area contributed by atoms with Crippen molar-refractivity contribution in [3.8, 4) is 0 Å². The highest BCUT2D eigenvalue weighted by Gasteiger charge is 2.18. The van der Waals surface area contributed by atoms with E-state index in [0.717, 1.165) is 11.1 Å². The number of hydrogen-bond acceptors (Lipinski definition) is 3. The van der Waals surface area contributed by atoms with Crippen LogP contribution in [0.1, 0.15) is 27.0 Å². The van der Waals surface area contributed by atoms with Crippen molar-refractivity contribution in [2.45, 2.75) is 13.8 Å². The Morgan fingerprint density at radius 3 is 2.37 bits per heavy atom. The van der Waals surface area contributed by atoms with E-state index in [-0.39, 0.29) is 5.78 Å². The Labute approximate surface area is 112 Å². The van der Waals surface area contributed by atoms with Crippen LogP contribution in [0.3, 0.4) is 0 Å². The van der Waals surface area contributed by atoms with Gasteiger partial charge in [0.05, 0.1) is 0 Å². The average molecular weight is 252 g/mol. The lowest BCUT2D eigenvalue weighted by Gasteiger charge is -2.11. The normalized spacial score (nSPS) is 10.2. The zero-order chi connectivity index (χ0) is 14.0. The molecule has 0 bridgehead atoms. The third-order valence-electron chi connectivity index (χ3n) is 3.15. The van der Waals surface area contributed by atoms with Gasteiger partial charge in [0.15, 0.2) is 5.78 Å². The number of carbonyl (C=O) groups excluding carboxylic acids is 1. The molecule has 0 atom stereocenters. The molecule has 1 aromatic carbocycles. The van der Waals surface area contributed by atoms with Crippen molar-refractivity contribution in [3.05, 3.63) is 65.4 Å². The van der Waals surface area contributed by atoms with E-state index in [0.29, 0.717) is 22.5 Å². The van der Waals surface area contributed by atoms with Gasteiger partial charge in [0.2, 0.25) is 0 Å². The van der Waals surface area contributed by atoms with Crippen LogP contribution in [0.5, 0.6) is 0 Å². The molecule has 19 heavy (non-hydrogen) atoms. The predicted molar refractivity (Wildman–Crippen MR) is 77.9 cm³/mol. The van der Waals surface area contributed by atoms with Crippen molar-refractivity contribution in [2.75, 3.05) is 5.73 Å². The van der Waals surface area contributed by atoms with Gasteiger partial charge < -0.3 is 5.73 Å². The largest absolute Gasteiger partial charge is 0.383 e. The third-order valence-corrected chi connectivity index (χ3v) is 3.15. The summed E-state index contributed by atoms with van der Waals surface area (Å²) < 4.78 is 0. The quantitative estimate of drug-likeness (QED) is 0.674. The van der Waals surface area contributed by atoms with Gasteiger partial charge in [-0.05, 0) is 37.1 Å². The first-order valence-electron chi connectivity index (χ1n) is 6.03. The first-order valence-corrected chi connectivity index (χ1v) is 6.03. The number of ketones is 1. The van der Waals surface area contributed by atoms with Gasteiger partial charge in [0, 0.05) is 22.9 Å². The number of rotatable bonds is 3. The summed E-state index contributed by atoms with van der Waals surface area (Å²) in [6, 6.07) is 9.27. The summed E-state index contributed by atoms with van der Waals surface area (Å²) in [7, 11) is 0. The number of aryl methyl sites for hydroxylation is 2. The number of aromatic nitrogens is 1. The van der Waals surface area contributed by atoms with Gasteiger partial charge in [-0.1, -0.05) is 24.8 Å². The Balaban J connectivity index is 2.46. The second kappa shape index (κ2) is 5.06. The first-order chi connectivity index (χ1) is 9.02. The number of hydrogen-bond donors (Lipinski definition) is 1. The minimum Gasteiger partial charge on any atom is -0.383 e. The number of anilines is 1. The molecule has 0 amide bonds. The number of pyridine rings is 1. The molecule has 96 valence electrons. The lowest BCUT2D eigenvalue weighted by molar-refractivity contribution is 0.105. The summed E-state index contributed by atoms with van der Waals surface area (Å²) >= 11 is 0. The smallest absolute Gasteiger partial charge is 0.193 e. The minimum absolute atomic E-state index is 0.102. The maximum atomic E-state index is 12.6. The van der Waals surface area contributed by atoms with Gasteiger partial charge in [-0.2, -0.15) is 0 Å². The van der Waals surface area contributed by atoms with E-state index in [1.807, 2.05) is 32.0 Å². The fourth-order valence-corrected chi connectivity index (χ4v) is 2.12. The van der Waals surface area contributed by atoms with Crippen molar-refractivity contribution < 1.29 is 4.79 Å². The van der Waals surface area contributed by atoms with Crippen LogP contribution in [0.15, 0.2) is 43.1 Å². The van der Waals surface area contributed by atoms with Crippen molar-refractivity contribution >= 4 is 17.2 Å². The molecule has 0 saturated heterocycles. The van der Waals surface area contributed by atoms with Gasteiger partial charge in [0.25, 0.3) is 0 Å². The summed E-state index contributed by atoms with van der Waals surface area (Å²) in [5.74, 6) is 0.224. The molecule has 0 radical (unpaired) electrons. The standard InChI is InChI=1S/C16H16N2O/c1-10-6-4-7-11(2)14(10)15(19)12(3)13-8-5-9-18-16(13)17/h4-9H,3H2,1-2H3,(H2,17,18). The predicted octanol–water partition coefficient (Wildman–Crippen LogP) is 3.18. The monoisotopic (exact) mass is 252 g/mol. The van der Waals surface area contributed by atoms with Crippen LogP contribution in [-0.4, -0.2) is 10.8 Å². The molecular weight excluding hydrogens is 236 g/mol. The number of Topliss-reactive ketones (excluding diaryl/α,β-unsaturated/α-hetero) is 1. The van der Waals surface area contributed by atoms with Crippen LogP contribution in [0.25, 0.3) is 5.57 Å². The molecule has 0 spiro atoms. The molecular formula is C16H16N2O.